The lowest BCUT2D eigenvalue weighted by Crippen LogP contribution is -2.59. The van der Waals surface area contributed by atoms with E-state index in [-0.39, 0.29) is 30.7 Å². The number of carbonyl (C=O) groups is 1. The van der Waals surface area contributed by atoms with Crippen molar-refractivity contribution in [2.75, 3.05) is 39.3 Å². The third-order valence-corrected chi connectivity index (χ3v) is 5.10. The number of carbonyl (C=O) groups excluding carboxylic acids is 1. The predicted octanol–water partition coefficient (Wildman–Crippen LogP) is 1.36. The minimum Gasteiger partial charge on any atom is -0.338 e. The predicted molar refractivity (Wildman–Crippen MR) is 100 cm³/mol. The molecule has 1 N–H and O–H groups in total. The Kier molecular flexibility index (Phi) is 7.99. The number of nitrogens with one attached hydrogen (secondary N) is 1. The number of amides is 1. The Morgan fingerprint density at radius 2 is 1.75 bits per heavy atom. The van der Waals surface area contributed by atoms with E-state index in [1.165, 1.54) is 0 Å². The van der Waals surface area contributed by atoms with Crippen LogP contribution in [0.3, 0.4) is 0 Å². The maximum Gasteiger partial charge on any atom is 0.250 e. The quantitative estimate of drug-likeness (QED) is 0.863. The molecule has 2 fully saturated rings. The second kappa shape index (κ2) is 9.04. The summed E-state index contributed by atoms with van der Waals surface area (Å²) in [5.74, 6) is 0.251. The van der Waals surface area contributed by atoms with Gasteiger partial charge in [0.1, 0.15) is 5.54 Å². The molecule has 6 nitrogen and oxygen atoms in total. The Labute approximate surface area is 156 Å². The molecule has 2 aliphatic heterocycles. The summed E-state index contributed by atoms with van der Waals surface area (Å²) >= 11 is 0. The number of hydrogen-bond donors (Lipinski definition) is 1. The lowest BCUT2D eigenvalue weighted by molar-refractivity contribution is -0.145. The van der Waals surface area contributed by atoms with Crippen molar-refractivity contribution in [3.63, 3.8) is 0 Å². The second-order valence-corrected chi connectivity index (χ2v) is 6.65. The largest absolute Gasteiger partial charge is 0.338 e. The molecule has 2 aliphatic rings. The molecule has 0 unspecified atom stereocenters. The summed E-state index contributed by atoms with van der Waals surface area (Å²) in [6.07, 6.45) is 5.34. The van der Waals surface area contributed by atoms with Crippen LogP contribution < -0.4 is 5.32 Å². The Morgan fingerprint density at radius 3 is 2.25 bits per heavy atom. The molecule has 24 heavy (non-hydrogen) atoms. The Morgan fingerprint density at radius 1 is 1.12 bits per heavy atom. The zero-order valence-corrected chi connectivity index (χ0v) is 16.1. The summed E-state index contributed by atoms with van der Waals surface area (Å²) in [5, 5.41) is 7.76. The standard InChI is InChI=1S/C16H27N5O.2ClH/c1-14(2)19-10-12-20(13-11-19)15(22)16(4-7-17-8-5-16)21-9-3-6-18-21;;/h3,6,9,14,17H,4-5,7-8,10-13H2,1-2H3;2*1H. The first kappa shape index (κ1) is 21.2. The molecule has 138 valence electrons. The second-order valence-electron chi connectivity index (χ2n) is 6.65. The summed E-state index contributed by atoms with van der Waals surface area (Å²) in [4.78, 5) is 17.8. The fourth-order valence-electron chi connectivity index (χ4n) is 3.64. The number of aromatic nitrogens is 2. The summed E-state index contributed by atoms with van der Waals surface area (Å²) in [6, 6.07) is 2.46. The molecule has 0 bridgehead atoms. The highest BCUT2D eigenvalue weighted by Gasteiger charge is 2.44. The first-order valence-electron chi connectivity index (χ1n) is 8.38. The van der Waals surface area contributed by atoms with Crippen molar-refractivity contribution in [2.45, 2.75) is 38.3 Å². The molecular weight excluding hydrogens is 349 g/mol. The zero-order chi connectivity index (χ0) is 15.6. The summed E-state index contributed by atoms with van der Waals surface area (Å²) in [7, 11) is 0. The fraction of sp³-hybridized carbons (Fsp3) is 0.750. The zero-order valence-electron chi connectivity index (χ0n) is 14.5. The molecule has 0 aliphatic carbocycles. The maximum absolute atomic E-state index is 13.3. The van der Waals surface area contributed by atoms with Crippen molar-refractivity contribution >= 4 is 30.7 Å². The number of halogens is 2. The Balaban J connectivity index is 0.00000144. The van der Waals surface area contributed by atoms with Gasteiger partial charge in [-0.3, -0.25) is 14.4 Å². The van der Waals surface area contributed by atoms with Crippen molar-refractivity contribution in [2.24, 2.45) is 0 Å². The molecule has 2 saturated heterocycles. The van der Waals surface area contributed by atoms with Gasteiger partial charge in [-0.1, -0.05) is 0 Å². The van der Waals surface area contributed by atoms with Gasteiger partial charge in [-0.15, -0.1) is 24.8 Å². The van der Waals surface area contributed by atoms with Crippen LogP contribution in [0.5, 0.6) is 0 Å². The Bertz CT molecular complexity index is 495. The van der Waals surface area contributed by atoms with Crippen LogP contribution in [0.4, 0.5) is 0 Å². The molecule has 0 saturated carbocycles. The van der Waals surface area contributed by atoms with Crippen molar-refractivity contribution in [1.82, 2.24) is 24.9 Å². The highest BCUT2D eigenvalue weighted by Crippen LogP contribution is 2.30. The molecular formula is C16H29Cl2N5O. The van der Waals surface area contributed by atoms with E-state index >= 15 is 0 Å². The smallest absolute Gasteiger partial charge is 0.250 e. The molecule has 1 aromatic rings. The highest BCUT2D eigenvalue weighted by atomic mass is 35.5. The lowest BCUT2D eigenvalue weighted by Gasteiger charge is -2.43. The SMILES string of the molecule is CC(C)N1CCN(C(=O)C2(n3cccn3)CCNCC2)CC1.Cl.Cl. The summed E-state index contributed by atoms with van der Waals surface area (Å²) in [5.41, 5.74) is -0.491. The van der Waals surface area contributed by atoms with Crippen LogP contribution in [-0.2, 0) is 10.3 Å². The fourth-order valence-corrected chi connectivity index (χ4v) is 3.64. The van der Waals surface area contributed by atoms with Crippen LogP contribution in [0, 0.1) is 0 Å². The van der Waals surface area contributed by atoms with Gasteiger partial charge in [0.15, 0.2) is 0 Å². The third kappa shape index (κ3) is 4.04. The van der Waals surface area contributed by atoms with Gasteiger partial charge in [-0.05, 0) is 45.8 Å². The minimum absolute atomic E-state index is 0. The van der Waals surface area contributed by atoms with E-state index in [9.17, 15) is 4.79 Å². The van der Waals surface area contributed by atoms with Crippen LogP contribution in [0.15, 0.2) is 18.5 Å². The number of hydrogen-bond acceptors (Lipinski definition) is 4. The van der Waals surface area contributed by atoms with Gasteiger partial charge in [0.2, 0.25) is 0 Å². The summed E-state index contributed by atoms with van der Waals surface area (Å²) in [6.45, 7) is 9.77. The van der Waals surface area contributed by atoms with Crippen LogP contribution in [0.1, 0.15) is 26.7 Å². The van der Waals surface area contributed by atoms with Crippen molar-refractivity contribution < 1.29 is 4.79 Å². The Hall–Kier alpha value is -0.820. The number of piperidine rings is 1. The third-order valence-electron chi connectivity index (χ3n) is 5.10. The molecule has 0 spiro atoms. The van der Waals surface area contributed by atoms with Gasteiger partial charge in [-0.2, -0.15) is 5.10 Å². The van der Waals surface area contributed by atoms with Gasteiger partial charge in [-0.25, -0.2) is 0 Å². The maximum atomic E-state index is 13.3. The lowest BCUT2D eigenvalue weighted by atomic mass is 9.86. The number of nitrogens with zero attached hydrogens (tertiary/aromatic N) is 4. The molecule has 3 rings (SSSR count). The molecule has 3 heterocycles. The molecule has 0 atom stereocenters. The average Bonchev–Trinajstić information content (AvgIpc) is 3.10. The van der Waals surface area contributed by atoms with Gasteiger partial charge in [0, 0.05) is 44.6 Å². The van der Waals surface area contributed by atoms with Crippen molar-refractivity contribution in [1.29, 1.82) is 0 Å². The van der Waals surface area contributed by atoms with Crippen LogP contribution in [-0.4, -0.2) is 70.8 Å². The molecule has 1 amide bonds. The molecule has 1 aromatic heterocycles. The van der Waals surface area contributed by atoms with Crippen LogP contribution >= 0.6 is 24.8 Å². The van der Waals surface area contributed by atoms with Crippen LogP contribution in [0.2, 0.25) is 0 Å². The van der Waals surface area contributed by atoms with Gasteiger partial charge >= 0.3 is 0 Å². The normalized spacial score (nSPS) is 21.0. The monoisotopic (exact) mass is 377 g/mol. The van der Waals surface area contributed by atoms with Crippen LogP contribution in [0.25, 0.3) is 0 Å². The molecule has 0 aromatic carbocycles. The van der Waals surface area contributed by atoms with E-state index < -0.39 is 5.54 Å². The van der Waals surface area contributed by atoms with E-state index in [0.29, 0.717) is 6.04 Å². The van der Waals surface area contributed by atoms with Gasteiger partial charge < -0.3 is 10.2 Å². The molecule has 0 radical (unpaired) electrons. The van der Waals surface area contributed by atoms with Crippen molar-refractivity contribution in [3.05, 3.63) is 18.5 Å². The van der Waals surface area contributed by atoms with E-state index in [4.69, 9.17) is 0 Å². The van der Waals surface area contributed by atoms with Gasteiger partial charge in [0.25, 0.3) is 5.91 Å². The highest BCUT2D eigenvalue weighted by molar-refractivity contribution is 5.86. The minimum atomic E-state index is -0.491. The van der Waals surface area contributed by atoms with E-state index in [2.05, 4.69) is 29.2 Å². The summed E-state index contributed by atoms with van der Waals surface area (Å²) < 4.78 is 1.89. The van der Waals surface area contributed by atoms with E-state index in [1.807, 2.05) is 21.8 Å². The van der Waals surface area contributed by atoms with Gasteiger partial charge in [0.05, 0.1) is 0 Å². The first-order chi connectivity index (χ1) is 10.6. The number of piperazine rings is 1. The van der Waals surface area contributed by atoms with E-state index in [0.717, 1.165) is 52.1 Å². The van der Waals surface area contributed by atoms with Crippen molar-refractivity contribution in [3.8, 4) is 0 Å². The topological polar surface area (TPSA) is 53.4 Å². The first-order valence-corrected chi connectivity index (χ1v) is 8.38. The van der Waals surface area contributed by atoms with E-state index in [1.54, 1.807) is 6.20 Å². The average molecular weight is 378 g/mol. The molecule has 8 heteroatoms. The number of rotatable bonds is 3.